The van der Waals surface area contributed by atoms with E-state index < -0.39 is 0 Å². The summed E-state index contributed by atoms with van der Waals surface area (Å²) in [6.45, 7) is 0. The van der Waals surface area contributed by atoms with Gasteiger partial charge in [0.25, 0.3) is 5.91 Å². The molecule has 7 heteroatoms. The number of thiocarbonyl (C=S) groups is 1. The molecule has 0 unspecified atom stereocenters. The molecule has 2 aromatic carbocycles. The van der Waals surface area contributed by atoms with Gasteiger partial charge in [0.2, 0.25) is 0 Å². The first kappa shape index (κ1) is 16.4. The van der Waals surface area contributed by atoms with Gasteiger partial charge < -0.3 is 5.11 Å². The Hall–Kier alpha value is -2.51. The Bertz CT molecular complexity index is 846. The van der Waals surface area contributed by atoms with Crippen molar-refractivity contribution in [2.75, 3.05) is 0 Å². The lowest BCUT2D eigenvalue weighted by atomic mass is 10.2. The molecule has 0 bridgehead atoms. The Morgan fingerprint density at radius 3 is 2.38 bits per heavy atom. The predicted molar refractivity (Wildman–Crippen MR) is 97.1 cm³/mol. The topological polar surface area (TPSA) is 52.9 Å². The highest BCUT2D eigenvalue weighted by atomic mass is 32.2. The van der Waals surface area contributed by atoms with E-state index in [1.54, 1.807) is 30.3 Å². The van der Waals surface area contributed by atoms with Gasteiger partial charge in [-0.05, 0) is 65.8 Å². The van der Waals surface area contributed by atoms with Crippen LogP contribution in [0.5, 0.6) is 5.75 Å². The van der Waals surface area contributed by atoms with E-state index in [2.05, 4.69) is 5.10 Å². The average Bonchev–Trinajstić information content (AvgIpc) is 2.83. The van der Waals surface area contributed by atoms with Crippen LogP contribution in [0.2, 0.25) is 0 Å². The number of carbonyl (C=O) groups is 1. The molecule has 1 amide bonds. The zero-order chi connectivity index (χ0) is 17.1. The molecule has 0 saturated carbocycles. The van der Waals surface area contributed by atoms with Crippen molar-refractivity contribution >= 4 is 46.5 Å². The van der Waals surface area contributed by atoms with Crippen molar-refractivity contribution < 1.29 is 14.3 Å². The van der Waals surface area contributed by atoms with Crippen LogP contribution in [-0.2, 0) is 4.79 Å². The molecule has 24 heavy (non-hydrogen) atoms. The first-order chi connectivity index (χ1) is 11.5. The summed E-state index contributed by atoms with van der Waals surface area (Å²) < 4.78 is 13.3. The van der Waals surface area contributed by atoms with E-state index in [4.69, 9.17) is 12.2 Å². The van der Waals surface area contributed by atoms with E-state index in [-0.39, 0.29) is 17.5 Å². The number of hydrogen-bond acceptors (Lipinski definition) is 5. The third kappa shape index (κ3) is 3.69. The van der Waals surface area contributed by atoms with E-state index in [1.807, 2.05) is 0 Å². The molecular weight excluding hydrogens is 347 g/mol. The zero-order valence-electron chi connectivity index (χ0n) is 12.2. The maximum atomic E-state index is 12.9. The Morgan fingerprint density at radius 2 is 1.71 bits per heavy atom. The van der Waals surface area contributed by atoms with Crippen LogP contribution in [0.25, 0.3) is 6.08 Å². The summed E-state index contributed by atoms with van der Waals surface area (Å²) in [5.41, 5.74) is 1.43. The van der Waals surface area contributed by atoms with Crippen molar-refractivity contribution in [1.29, 1.82) is 0 Å². The predicted octanol–water partition coefficient (Wildman–Crippen LogP) is 3.77. The minimum absolute atomic E-state index is 0.153. The molecule has 0 atom stereocenters. The SMILES string of the molecule is O=C1/C(=C\c2ccc(F)cc2)SC(=S)N1/N=C/c1ccc(O)cc1. The van der Waals surface area contributed by atoms with E-state index in [0.717, 1.165) is 22.3 Å². The van der Waals surface area contributed by atoms with Gasteiger partial charge in [-0.15, -0.1) is 0 Å². The third-order valence-corrected chi connectivity index (χ3v) is 4.44. The maximum absolute atomic E-state index is 12.9. The number of amides is 1. The van der Waals surface area contributed by atoms with E-state index in [9.17, 15) is 14.3 Å². The highest BCUT2D eigenvalue weighted by Gasteiger charge is 2.31. The second-order valence-corrected chi connectivity index (χ2v) is 6.56. The summed E-state index contributed by atoms with van der Waals surface area (Å²) in [5, 5.41) is 14.5. The normalized spacial score (nSPS) is 16.5. The van der Waals surface area contributed by atoms with Crippen molar-refractivity contribution in [3.05, 3.63) is 70.4 Å². The van der Waals surface area contributed by atoms with Gasteiger partial charge in [0, 0.05) is 0 Å². The van der Waals surface area contributed by atoms with E-state index in [0.29, 0.717) is 14.8 Å². The van der Waals surface area contributed by atoms with Gasteiger partial charge in [0.05, 0.1) is 11.1 Å². The minimum atomic E-state index is -0.335. The van der Waals surface area contributed by atoms with Crippen molar-refractivity contribution in [3.63, 3.8) is 0 Å². The molecule has 1 N–H and O–H groups in total. The molecule has 1 aliphatic heterocycles. The molecule has 3 rings (SSSR count). The van der Waals surface area contributed by atoms with Gasteiger partial charge >= 0.3 is 0 Å². The van der Waals surface area contributed by atoms with Crippen LogP contribution in [0.4, 0.5) is 4.39 Å². The number of benzene rings is 2. The van der Waals surface area contributed by atoms with Gasteiger partial charge in [-0.1, -0.05) is 23.9 Å². The quantitative estimate of drug-likeness (QED) is 0.516. The molecule has 4 nitrogen and oxygen atoms in total. The van der Waals surface area contributed by atoms with E-state index >= 15 is 0 Å². The number of nitrogens with zero attached hydrogens (tertiary/aromatic N) is 2. The second kappa shape index (κ2) is 6.94. The summed E-state index contributed by atoms with van der Waals surface area (Å²) in [7, 11) is 0. The van der Waals surface area contributed by atoms with Crippen LogP contribution in [0.1, 0.15) is 11.1 Å². The lowest BCUT2D eigenvalue weighted by molar-refractivity contribution is -0.122. The number of phenols is 1. The lowest BCUT2D eigenvalue weighted by Gasteiger charge is -2.06. The molecule has 1 aliphatic rings. The average molecular weight is 358 g/mol. The highest BCUT2D eigenvalue weighted by molar-refractivity contribution is 8.26. The van der Waals surface area contributed by atoms with Gasteiger partial charge in [0.15, 0.2) is 4.32 Å². The summed E-state index contributed by atoms with van der Waals surface area (Å²) in [4.78, 5) is 12.8. The number of hydrogen-bond donors (Lipinski definition) is 1. The summed E-state index contributed by atoms with van der Waals surface area (Å²) in [6.07, 6.45) is 3.14. The standard InChI is InChI=1S/C17H11FN2O2S2/c18-13-5-1-11(2-6-13)9-15-16(22)20(17(23)24-15)19-10-12-3-7-14(21)8-4-12/h1-10,21H/b15-9+,19-10+. The second-order valence-electron chi connectivity index (χ2n) is 4.88. The number of halogens is 1. The molecule has 0 aromatic heterocycles. The fraction of sp³-hybridized carbons (Fsp3) is 0. The summed E-state index contributed by atoms with van der Waals surface area (Å²) >= 11 is 6.32. The Morgan fingerprint density at radius 1 is 1.08 bits per heavy atom. The molecule has 1 saturated heterocycles. The molecule has 2 aromatic rings. The molecule has 120 valence electrons. The summed E-state index contributed by atoms with van der Waals surface area (Å²) in [6, 6.07) is 12.2. The zero-order valence-corrected chi connectivity index (χ0v) is 13.9. The number of thioether (sulfide) groups is 1. The smallest absolute Gasteiger partial charge is 0.286 e. The Balaban J connectivity index is 1.78. The van der Waals surface area contributed by atoms with Crippen LogP contribution >= 0.6 is 24.0 Å². The summed E-state index contributed by atoms with van der Waals surface area (Å²) in [5.74, 6) is -0.512. The molecule has 1 fully saturated rings. The molecule has 1 heterocycles. The van der Waals surface area contributed by atoms with Crippen LogP contribution < -0.4 is 0 Å². The van der Waals surface area contributed by atoms with Crippen LogP contribution in [-0.4, -0.2) is 26.6 Å². The highest BCUT2D eigenvalue weighted by Crippen LogP contribution is 2.32. The fourth-order valence-electron chi connectivity index (χ4n) is 1.95. The third-order valence-electron chi connectivity index (χ3n) is 3.16. The number of aromatic hydroxyl groups is 1. The van der Waals surface area contributed by atoms with Gasteiger partial charge in [-0.3, -0.25) is 4.79 Å². The first-order valence-electron chi connectivity index (χ1n) is 6.89. The molecule has 0 radical (unpaired) electrons. The fourth-order valence-corrected chi connectivity index (χ4v) is 3.13. The molecular formula is C17H11FN2O2S2. The van der Waals surface area contributed by atoms with Crippen molar-refractivity contribution in [3.8, 4) is 5.75 Å². The minimum Gasteiger partial charge on any atom is -0.508 e. The van der Waals surface area contributed by atoms with Crippen molar-refractivity contribution in [1.82, 2.24) is 5.01 Å². The number of hydrazone groups is 1. The molecule has 0 aliphatic carbocycles. The van der Waals surface area contributed by atoms with Crippen LogP contribution in [0, 0.1) is 5.82 Å². The Labute approximate surface area is 147 Å². The van der Waals surface area contributed by atoms with E-state index in [1.165, 1.54) is 30.5 Å². The number of carbonyl (C=O) groups excluding carboxylic acids is 1. The number of phenolic OH excluding ortho intramolecular Hbond substituents is 1. The van der Waals surface area contributed by atoms with Gasteiger partial charge in [-0.2, -0.15) is 10.1 Å². The lowest BCUT2D eigenvalue weighted by Crippen LogP contribution is -2.22. The largest absolute Gasteiger partial charge is 0.508 e. The van der Waals surface area contributed by atoms with Gasteiger partial charge in [-0.25, -0.2) is 4.39 Å². The van der Waals surface area contributed by atoms with Gasteiger partial charge in [0.1, 0.15) is 11.6 Å². The maximum Gasteiger partial charge on any atom is 0.286 e. The Kier molecular flexibility index (Phi) is 4.73. The number of rotatable bonds is 3. The van der Waals surface area contributed by atoms with Crippen molar-refractivity contribution in [2.45, 2.75) is 0 Å². The van der Waals surface area contributed by atoms with Crippen molar-refractivity contribution in [2.24, 2.45) is 5.10 Å². The first-order valence-corrected chi connectivity index (χ1v) is 8.12. The monoisotopic (exact) mass is 358 g/mol. The molecule has 0 spiro atoms. The van der Waals surface area contributed by atoms with Crippen LogP contribution in [0.15, 0.2) is 58.5 Å². The van der Waals surface area contributed by atoms with Crippen LogP contribution in [0.3, 0.4) is 0 Å².